The summed E-state index contributed by atoms with van der Waals surface area (Å²) in [6, 6.07) is 10.4. The van der Waals surface area contributed by atoms with Gasteiger partial charge in [-0.15, -0.1) is 0 Å². The van der Waals surface area contributed by atoms with Gasteiger partial charge in [0.2, 0.25) is 11.8 Å². The van der Waals surface area contributed by atoms with E-state index in [0.717, 1.165) is 22.6 Å². The molecule has 1 aromatic heterocycles. The van der Waals surface area contributed by atoms with Gasteiger partial charge >= 0.3 is 0 Å². The Bertz CT molecular complexity index is 1160. The summed E-state index contributed by atoms with van der Waals surface area (Å²) in [4.78, 5) is 62.0. The molecule has 4 heterocycles. The SMILES string of the molecule is O=C1CCC(N2C(=O)C3=C(C2=O)N(Cc2ccnc(-c4ccccc4)n2)CCC3)C(=O)N1. The number of carbonyl (C=O) groups is 4. The van der Waals surface area contributed by atoms with Gasteiger partial charge in [-0.3, -0.25) is 29.4 Å². The van der Waals surface area contributed by atoms with Gasteiger partial charge in [0.25, 0.3) is 11.8 Å². The molecule has 0 aliphatic carbocycles. The van der Waals surface area contributed by atoms with E-state index >= 15 is 0 Å². The maximum Gasteiger partial charge on any atom is 0.278 e. The van der Waals surface area contributed by atoms with Gasteiger partial charge in [-0.05, 0) is 25.3 Å². The molecular formula is C23H21N5O4. The Kier molecular flexibility index (Phi) is 5.01. The lowest BCUT2D eigenvalue weighted by molar-refractivity contribution is -0.150. The van der Waals surface area contributed by atoms with Crippen molar-refractivity contribution in [1.82, 2.24) is 25.1 Å². The number of aromatic nitrogens is 2. The first-order chi connectivity index (χ1) is 15.5. The van der Waals surface area contributed by atoms with E-state index in [4.69, 9.17) is 0 Å². The van der Waals surface area contributed by atoms with Crippen LogP contribution in [0, 0.1) is 0 Å². The number of carbonyl (C=O) groups excluding carboxylic acids is 4. The Morgan fingerprint density at radius 3 is 2.59 bits per heavy atom. The number of benzene rings is 1. The first-order valence-corrected chi connectivity index (χ1v) is 10.6. The Morgan fingerprint density at radius 1 is 1.00 bits per heavy atom. The van der Waals surface area contributed by atoms with Crippen LogP contribution in [0.1, 0.15) is 31.4 Å². The third-order valence-electron chi connectivity index (χ3n) is 5.98. The van der Waals surface area contributed by atoms with Crippen molar-refractivity contribution >= 4 is 23.6 Å². The van der Waals surface area contributed by atoms with Crippen LogP contribution < -0.4 is 5.32 Å². The average Bonchev–Trinajstić information content (AvgIpc) is 3.06. The quantitative estimate of drug-likeness (QED) is 0.723. The van der Waals surface area contributed by atoms with Crippen molar-refractivity contribution in [3.63, 3.8) is 0 Å². The van der Waals surface area contributed by atoms with Gasteiger partial charge in [-0.25, -0.2) is 9.97 Å². The largest absolute Gasteiger partial charge is 0.361 e. The number of hydrogen-bond acceptors (Lipinski definition) is 7. The summed E-state index contributed by atoms with van der Waals surface area (Å²) in [5.74, 6) is -1.30. The van der Waals surface area contributed by atoms with Crippen LogP contribution in [0.3, 0.4) is 0 Å². The molecule has 1 fully saturated rings. The van der Waals surface area contributed by atoms with Crippen LogP contribution in [0.5, 0.6) is 0 Å². The summed E-state index contributed by atoms with van der Waals surface area (Å²) in [6.45, 7) is 0.953. The lowest BCUT2D eigenvalue weighted by Crippen LogP contribution is -2.55. The number of amides is 4. The molecule has 1 unspecified atom stereocenters. The minimum absolute atomic E-state index is 0.102. The van der Waals surface area contributed by atoms with Crippen LogP contribution in [-0.2, 0) is 25.7 Å². The fourth-order valence-electron chi connectivity index (χ4n) is 4.47. The van der Waals surface area contributed by atoms with Crippen LogP contribution in [0.2, 0.25) is 0 Å². The van der Waals surface area contributed by atoms with Crippen LogP contribution >= 0.6 is 0 Å². The van der Waals surface area contributed by atoms with Crippen molar-refractivity contribution < 1.29 is 19.2 Å². The Labute approximate surface area is 184 Å². The maximum atomic E-state index is 13.3. The highest BCUT2D eigenvalue weighted by molar-refractivity contribution is 6.21. The van der Waals surface area contributed by atoms with E-state index < -0.39 is 23.8 Å². The third kappa shape index (κ3) is 3.45. The molecule has 162 valence electrons. The summed E-state index contributed by atoms with van der Waals surface area (Å²) in [7, 11) is 0. The molecule has 1 N–H and O–H groups in total. The number of nitrogens with zero attached hydrogens (tertiary/aromatic N) is 4. The predicted octanol–water partition coefficient (Wildman–Crippen LogP) is 1.17. The van der Waals surface area contributed by atoms with Crippen LogP contribution in [0.4, 0.5) is 0 Å². The predicted molar refractivity (Wildman–Crippen MR) is 112 cm³/mol. The van der Waals surface area contributed by atoms with E-state index in [2.05, 4.69) is 15.3 Å². The summed E-state index contributed by atoms with van der Waals surface area (Å²) in [5.41, 5.74) is 2.39. The average molecular weight is 431 g/mol. The second kappa shape index (κ2) is 7.99. The standard InChI is InChI=1S/C23H21N5O4/c29-18-9-8-17(21(30)26-18)28-22(31)16-7-4-12-27(19(16)23(28)32)13-15-10-11-24-20(25-15)14-5-2-1-3-6-14/h1-3,5-6,10-11,17H,4,7-9,12-13H2,(H,26,29,30). The van der Waals surface area contributed by atoms with Crippen molar-refractivity contribution in [2.45, 2.75) is 38.3 Å². The van der Waals surface area contributed by atoms with Crippen molar-refractivity contribution in [3.8, 4) is 11.4 Å². The summed E-state index contributed by atoms with van der Waals surface area (Å²) >= 11 is 0. The zero-order valence-electron chi connectivity index (χ0n) is 17.3. The van der Waals surface area contributed by atoms with Crippen molar-refractivity contribution in [2.75, 3.05) is 6.54 Å². The molecule has 0 bridgehead atoms. The molecule has 0 saturated carbocycles. The van der Waals surface area contributed by atoms with Crippen molar-refractivity contribution in [3.05, 3.63) is 59.6 Å². The highest BCUT2D eigenvalue weighted by Gasteiger charge is 2.48. The van der Waals surface area contributed by atoms with Gasteiger partial charge in [0, 0.05) is 30.3 Å². The molecule has 1 aromatic carbocycles. The fraction of sp³-hybridized carbons (Fsp3) is 0.304. The highest BCUT2D eigenvalue weighted by atomic mass is 16.2. The third-order valence-corrected chi connectivity index (χ3v) is 5.98. The lowest BCUT2D eigenvalue weighted by atomic mass is 10.0. The molecule has 9 nitrogen and oxygen atoms in total. The van der Waals surface area contributed by atoms with Gasteiger partial charge in [-0.2, -0.15) is 0 Å². The summed E-state index contributed by atoms with van der Waals surface area (Å²) in [5, 5.41) is 2.23. The van der Waals surface area contributed by atoms with Crippen molar-refractivity contribution in [1.29, 1.82) is 0 Å². The number of nitrogens with one attached hydrogen (secondary N) is 1. The summed E-state index contributed by atoms with van der Waals surface area (Å²) < 4.78 is 0. The molecule has 0 radical (unpaired) electrons. The minimum atomic E-state index is -0.955. The normalized spacial score (nSPS) is 21.2. The molecule has 1 atom stereocenters. The molecule has 9 heteroatoms. The number of hydrogen-bond donors (Lipinski definition) is 1. The number of imide groups is 2. The molecule has 1 saturated heterocycles. The van der Waals surface area contributed by atoms with E-state index in [1.807, 2.05) is 35.2 Å². The lowest BCUT2D eigenvalue weighted by Gasteiger charge is -2.30. The fourth-order valence-corrected chi connectivity index (χ4v) is 4.47. The Hall–Kier alpha value is -3.88. The zero-order chi connectivity index (χ0) is 22.2. The first-order valence-electron chi connectivity index (χ1n) is 10.6. The molecule has 0 spiro atoms. The topological polar surface area (TPSA) is 113 Å². The van der Waals surface area contributed by atoms with Crippen LogP contribution in [0.25, 0.3) is 11.4 Å². The Balaban J connectivity index is 1.40. The van der Waals surface area contributed by atoms with Gasteiger partial charge < -0.3 is 4.90 Å². The molecule has 5 rings (SSSR count). The van der Waals surface area contributed by atoms with Crippen LogP contribution in [-0.4, -0.2) is 56.0 Å². The summed E-state index contributed by atoms with van der Waals surface area (Å²) in [6.07, 6.45) is 3.14. The molecule has 32 heavy (non-hydrogen) atoms. The smallest absolute Gasteiger partial charge is 0.278 e. The molecular weight excluding hydrogens is 410 g/mol. The molecule has 4 amide bonds. The van der Waals surface area contributed by atoms with Gasteiger partial charge in [0.1, 0.15) is 11.7 Å². The van der Waals surface area contributed by atoms with E-state index in [1.165, 1.54) is 0 Å². The van der Waals surface area contributed by atoms with Crippen LogP contribution in [0.15, 0.2) is 53.9 Å². The number of rotatable bonds is 4. The first kappa shape index (κ1) is 20.0. The second-order valence-corrected chi connectivity index (χ2v) is 8.04. The molecule has 3 aliphatic rings. The highest BCUT2D eigenvalue weighted by Crippen LogP contribution is 2.34. The Morgan fingerprint density at radius 2 is 1.81 bits per heavy atom. The molecule has 2 aromatic rings. The van der Waals surface area contributed by atoms with Gasteiger partial charge in [0.05, 0.1) is 12.2 Å². The van der Waals surface area contributed by atoms with Crippen molar-refractivity contribution in [2.24, 2.45) is 0 Å². The van der Waals surface area contributed by atoms with E-state index in [0.29, 0.717) is 36.6 Å². The van der Waals surface area contributed by atoms with Gasteiger partial charge in [0.15, 0.2) is 5.82 Å². The minimum Gasteiger partial charge on any atom is -0.361 e. The molecule has 3 aliphatic heterocycles. The zero-order valence-corrected chi connectivity index (χ0v) is 17.3. The number of piperidine rings is 1. The monoisotopic (exact) mass is 431 g/mol. The van der Waals surface area contributed by atoms with E-state index in [1.54, 1.807) is 12.3 Å². The van der Waals surface area contributed by atoms with E-state index in [-0.39, 0.29) is 18.7 Å². The maximum absolute atomic E-state index is 13.3. The van der Waals surface area contributed by atoms with E-state index in [9.17, 15) is 19.2 Å². The van der Waals surface area contributed by atoms with Gasteiger partial charge in [-0.1, -0.05) is 30.3 Å². The second-order valence-electron chi connectivity index (χ2n) is 8.04.